The Labute approximate surface area is 87.2 Å². The molecule has 0 bridgehead atoms. The summed E-state index contributed by atoms with van der Waals surface area (Å²) < 4.78 is 5.14. The molecule has 1 N–H and O–H groups in total. The van der Waals surface area contributed by atoms with Crippen LogP contribution in [0.15, 0.2) is 41.1 Å². The lowest BCUT2D eigenvalue weighted by atomic mass is 10.3. The normalized spacial score (nSPS) is 9.79. The molecule has 0 amide bonds. The molecule has 0 saturated heterocycles. The van der Waals surface area contributed by atoms with Crippen LogP contribution in [0.1, 0.15) is 0 Å². The first-order valence-electron chi connectivity index (χ1n) is 4.32. The molecule has 0 aliphatic heterocycles. The van der Waals surface area contributed by atoms with Crippen LogP contribution < -0.4 is 10.1 Å². The number of hydrogen-bond acceptors (Lipinski definition) is 3. The second-order valence-electron chi connectivity index (χ2n) is 2.87. The molecule has 0 unspecified atom stereocenters. The van der Waals surface area contributed by atoms with E-state index in [1.807, 2.05) is 35.7 Å². The molecule has 2 rings (SSSR count). The van der Waals surface area contributed by atoms with Crippen molar-refractivity contribution < 1.29 is 4.74 Å². The summed E-state index contributed by atoms with van der Waals surface area (Å²) in [5.41, 5.74) is 2.16. The molecule has 1 heterocycles. The highest BCUT2D eigenvalue weighted by atomic mass is 32.1. The molecule has 0 spiro atoms. The van der Waals surface area contributed by atoms with E-state index in [4.69, 9.17) is 4.74 Å². The molecular weight excluding hydrogens is 194 g/mol. The Hall–Kier alpha value is -1.48. The number of rotatable bonds is 3. The summed E-state index contributed by atoms with van der Waals surface area (Å²) in [4.78, 5) is 0. The second kappa shape index (κ2) is 4.15. The SMILES string of the molecule is COc1cccc(Nc2ccsc2)c1. The average Bonchev–Trinajstić information content (AvgIpc) is 2.71. The van der Waals surface area contributed by atoms with E-state index in [-0.39, 0.29) is 0 Å². The minimum absolute atomic E-state index is 0.866. The Morgan fingerprint density at radius 1 is 1.21 bits per heavy atom. The van der Waals surface area contributed by atoms with Crippen molar-refractivity contribution in [3.05, 3.63) is 41.1 Å². The van der Waals surface area contributed by atoms with Crippen LogP contribution in [0.25, 0.3) is 0 Å². The van der Waals surface area contributed by atoms with Gasteiger partial charge in [-0.25, -0.2) is 0 Å². The van der Waals surface area contributed by atoms with E-state index in [1.165, 1.54) is 0 Å². The summed E-state index contributed by atoms with van der Waals surface area (Å²) in [5.74, 6) is 0.866. The molecule has 0 fully saturated rings. The molecule has 1 aromatic carbocycles. The molecule has 0 saturated carbocycles. The molecule has 72 valence electrons. The Bertz CT molecular complexity index is 397. The predicted molar refractivity (Wildman–Crippen MR) is 60.6 cm³/mol. The standard InChI is InChI=1S/C11H11NOS/c1-13-11-4-2-3-9(7-11)12-10-5-6-14-8-10/h2-8,12H,1H3. The Morgan fingerprint density at radius 3 is 2.86 bits per heavy atom. The summed E-state index contributed by atoms with van der Waals surface area (Å²) in [6.07, 6.45) is 0. The molecule has 3 heteroatoms. The third-order valence-electron chi connectivity index (χ3n) is 1.88. The first-order valence-corrected chi connectivity index (χ1v) is 5.26. The smallest absolute Gasteiger partial charge is 0.120 e. The number of ether oxygens (including phenoxy) is 1. The zero-order chi connectivity index (χ0) is 9.80. The monoisotopic (exact) mass is 205 g/mol. The Balaban J connectivity index is 2.17. The number of nitrogens with one attached hydrogen (secondary N) is 1. The summed E-state index contributed by atoms with van der Waals surface area (Å²) in [6, 6.07) is 9.92. The molecular formula is C11H11NOS. The maximum absolute atomic E-state index is 5.14. The summed E-state index contributed by atoms with van der Waals surface area (Å²) in [7, 11) is 1.67. The van der Waals surface area contributed by atoms with Gasteiger partial charge in [0.1, 0.15) is 5.75 Å². The van der Waals surface area contributed by atoms with Crippen LogP contribution in [0.5, 0.6) is 5.75 Å². The molecule has 0 aliphatic carbocycles. The summed E-state index contributed by atoms with van der Waals surface area (Å²) >= 11 is 1.68. The van der Waals surface area contributed by atoms with Crippen molar-refractivity contribution in [3.63, 3.8) is 0 Å². The summed E-state index contributed by atoms with van der Waals surface area (Å²) in [5, 5.41) is 7.40. The predicted octanol–water partition coefficient (Wildman–Crippen LogP) is 3.50. The van der Waals surface area contributed by atoms with Crippen molar-refractivity contribution in [2.24, 2.45) is 0 Å². The fraction of sp³-hybridized carbons (Fsp3) is 0.0909. The number of hydrogen-bond donors (Lipinski definition) is 1. The van der Waals surface area contributed by atoms with E-state index in [2.05, 4.69) is 10.7 Å². The van der Waals surface area contributed by atoms with E-state index >= 15 is 0 Å². The Morgan fingerprint density at radius 2 is 2.14 bits per heavy atom. The molecule has 2 aromatic rings. The molecule has 2 nitrogen and oxygen atoms in total. The van der Waals surface area contributed by atoms with Crippen LogP contribution in [0.3, 0.4) is 0 Å². The van der Waals surface area contributed by atoms with Crippen molar-refractivity contribution in [1.82, 2.24) is 0 Å². The van der Waals surface area contributed by atoms with Gasteiger partial charge < -0.3 is 10.1 Å². The number of thiophene rings is 1. The van der Waals surface area contributed by atoms with Crippen molar-refractivity contribution in [1.29, 1.82) is 0 Å². The van der Waals surface area contributed by atoms with Gasteiger partial charge in [-0.3, -0.25) is 0 Å². The van der Waals surface area contributed by atoms with Crippen LogP contribution in [0.4, 0.5) is 11.4 Å². The first-order chi connectivity index (χ1) is 6.88. The number of methoxy groups -OCH3 is 1. The van der Waals surface area contributed by atoms with E-state index in [0.29, 0.717) is 0 Å². The van der Waals surface area contributed by atoms with Crippen LogP contribution in [-0.4, -0.2) is 7.11 Å². The molecule has 1 aromatic heterocycles. The molecule has 0 radical (unpaired) electrons. The van der Waals surface area contributed by atoms with Crippen molar-refractivity contribution in [3.8, 4) is 5.75 Å². The van der Waals surface area contributed by atoms with E-state index in [0.717, 1.165) is 17.1 Å². The third-order valence-corrected chi connectivity index (χ3v) is 2.56. The zero-order valence-electron chi connectivity index (χ0n) is 7.86. The first kappa shape index (κ1) is 9.09. The molecule has 0 atom stereocenters. The number of benzene rings is 1. The lowest BCUT2D eigenvalue weighted by molar-refractivity contribution is 0.415. The van der Waals surface area contributed by atoms with Crippen LogP contribution in [0.2, 0.25) is 0 Å². The lowest BCUT2D eigenvalue weighted by Gasteiger charge is -2.05. The van der Waals surface area contributed by atoms with Crippen LogP contribution >= 0.6 is 11.3 Å². The molecule has 0 aliphatic rings. The topological polar surface area (TPSA) is 21.3 Å². The van der Waals surface area contributed by atoms with Crippen LogP contribution in [0, 0.1) is 0 Å². The van der Waals surface area contributed by atoms with Gasteiger partial charge in [0.25, 0.3) is 0 Å². The van der Waals surface area contributed by atoms with Gasteiger partial charge >= 0.3 is 0 Å². The van der Waals surface area contributed by atoms with Gasteiger partial charge in [0, 0.05) is 22.8 Å². The van der Waals surface area contributed by atoms with Gasteiger partial charge in [-0.2, -0.15) is 11.3 Å². The van der Waals surface area contributed by atoms with Gasteiger partial charge in [0.2, 0.25) is 0 Å². The van der Waals surface area contributed by atoms with Gasteiger partial charge in [-0.1, -0.05) is 6.07 Å². The lowest BCUT2D eigenvalue weighted by Crippen LogP contribution is -1.89. The van der Waals surface area contributed by atoms with Crippen molar-refractivity contribution in [2.45, 2.75) is 0 Å². The fourth-order valence-electron chi connectivity index (χ4n) is 1.20. The van der Waals surface area contributed by atoms with Crippen molar-refractivity contribution >= 4 is 22.7 Å². The minimum atomic E-state index is 0.866. The van der Waals surface area contributed by atoms with Gasteiger partial charge in [0.05, 0.1) is 7.11 Å². The maximum Gasteiger partial charge on any atom is 0.120 e. The highest BCUT2D eigenvalue weighted by Crippen LogP contribution is 2.22. The average molecular weight is 205 g/mol. The quantitative estimate of drug-likeness (QED) is 0.828. The fourth-order valence-corrected chi connectivity index (χ4v) is 1.79. The Kier molecular flexibility index (Phi) is 2.70. The summed E-state index contributed by atoms with van der Waals surface area (Å²) in [6.45, 7) is 0. The molecule has 14 heavy (non-hydrogen) atoms. The van der Waals surface area contributed by atoms with Crippen LogP contribution in [-0.2, 0) is 0 Å². The second-order valence-corrected chi connectivity index (χ2v) is 3.65. The van der Waals surface area contributed by atoms with E-state index in [1.54, 1.807) is 18.4 Å². The zero-order valence-corrected chi connectivity index (χ0v) is 8.67. The van der Waals surface area contributed by atoms with Gasteiger partial charge in [0.15, 0.2) is 0 Å². The van der Waals surface area contributed by atoms with E-state index in [9.17, 15) is 0 Å². The highest BCUT2D eigenvalue weighted by Gasteiger charge is 1.96. The number of anilines is 2. The van der Waals surface area contributed by atoms with Gasteiger partial charge in [-0.05, 0) is 23.6 Å². The van der Waals surface area contributed by atoms with Crippen molar-refractivity contribution in [2.75, 3.05) is 12.4 Å². The van der Waals surface area contributed by atoms with E-state index < -0.39 is 0 Å². The largest absolute Gasteiger partial charge is 0.497 e. The highest BCUT2D eigenvalue weighted by molar-refractivity contribution is 7.08. The minimum Gasteiger partial charge on any atom is -0.497 e. The maximum atomic E-state index is 5.14. The third kappa shape index (κ3) is 2.06. The van der Waals surface area contributed by atoms with Gasteiger partial charge in [-0.15, -0.1) is 0 Å².